The number of carbonyl (C=O) groups is 2. The molecule has 1 aliphatic heterocycles. The molecule has 3 aromatic rings. The second kappa shape index (κ2) is 9.79. The van der Waals surface area contributed by atoms with E-state index in [1.165, 1.54) is 5.56 Å². The van der Waals surface area contributed by atoms with Crippen molar-refractivity contribution in [2.24, 2.45) is 5.73 Å². The summed E-state index contributed by atoms with van der Waals surface area (Å²) in [4.78, 5) is 27.8. The van der Waals surface area contributed by atoms with E-state index >= 15 is 0 Å². The number of amides is 2. The molecule has 5 heteroatoms. The Morgan fingerprint density at radius 3 is 2.41 bits per heavy atom. The minimum Gasteiger partial charge on any atom is -0.368 e. The smallest absolute Gasteiger partial charge is 0.244 e. The van der Waals surface area contributed by atoms with Crippen LogP contribution in [0.1, 0.15) is 28.7 Å². The molecule has 1 heterocycles. The van der Waals surface area contributed by atoms with Gasteiger partial charge in [0.2, 0.25) is 11.8 Å². The van der Waals surface area contributed by atoms with Gasteiger partial charge in [-0.3, -0.25) is 14.9 Å². The van der Waals surface area contributed by atoms with Gasteiger partial charge < -0.3 is 10.6 Å². The predicted molar refractivity (Wildman–Crippen MR) is 127 cm³/mol. The molecule has 2 amide bonds. The largest absolute Gasteiger partial charge is 0.368 e. The summed E-state index contributed by atoms with van der Waals surface area (Å²) in [5.41, 5.74) is 11.0. The minimum atomic E-state index is -0.617. The highest BCUT2D eigenvalue weighted by Crippen LogP contribution is 2.29. The van der Waals surface area contributed by atoms with Gasteiger partial charge in [0.25, 0.3) is 0 Å². The van der Waals surface area contributed by atoms with Crippen molar-refractivity contribution in [3.05, 3.63) is 101 Å². The zero-order valence-electron chi connectivity index (χ0n) is 18.3. The molecule has 0 fully saturated rings. The molecule has 164 valence electrons. The number of benzene rings is 3. The van der Waals surface area contributed by atoms with Crippen LogP contribution in [-0.4, -0.2) is 23.9 Å². The molecule has 0 aliphatic carbocycles. The summed E-state index contributed by atoms with van der Waals surface area (Å²) in [5.74, 6) is -0.483. The molecule has 0 aromatic heterocycles. The lowest BCUT2D eigenvalue weighted by Gasteiger charge is -2.28. The van der Waals surface area contributed by atoms with Crippen molar-refractivity contribution in [1.29, 1.82) is 0 Å². The first kappa shape index (κ1) is 21.8. The number of nitrogens with one attached hydrogen (secondary N) is 1. The summed E-state index contributed by atoms with van der Waals surface area (Å²) in [6, 6.07) is 24.9. The number of fused-ring (bicyclic) bond motifs is 1. The summed E-state index contributed by atoms with van der Waals surface area (Å²) in [5, 5.41) is 3.29. The zero-order chi connectivity index (χ0) is 22.5. The van der Waals surface area contributed by atoms with Crippen molar-refractivity contribution in [2.75, 3.05) is 4.90 Å². The third-order valence-corrected chi connectivity index (χ3v) is 6.04. The lowest BCUT2D eigenvalue weighted by molar-refractivity contribution is -0.122. The van der Waals surface area contributed by atoms with E-state index in [1.807, 2.05) is 60.4 Å². The fourth-order valence-electron chi connectivity index (χ4n) is 4.24. The van der Waals surface area contributed by atoms with Crippen molar-refractivity contribution in [3.8, 4) is 0 Å². The van der Waals surface area contributed by atoms with Crippen LogP contribution in [0.5, 0.6) is 0 Å². The van der Waals surface area contributed by atoms with E-state index < -0.39 is 18.0 Å². The number of anilines is 1. The molecular weight excluding hydrogens is 398 g/mol. The maximum Gasteiger partial charge on any atom is 0.244 e. The number of primary amides is 1. The van der Waals surface area contributed by atoms with Crippen LogP contribution in [0, 0.1) is 6.92 Å². The molecule has 4 rings (SSSR count). The molecule has 5 nitrogen and oxygen atoms in total. The molecule has 1 aliphatic rings. The van der Waals surface area contributed by atoms with E-state index in [1.54, 1.807) is 0 Å². The summed E-state index contributed by atoms with van der Waals surface area (Å²) < 4.78 is 0. The van der Waals surface area contributed by atoms with Crippen LogP contribution in [0.4, 0.5) is 5.69 Å². The molecule has 0 saturated carbocycles. The summed E-state index contributed by atoms with van der Waals surface area (Å²) in [6.45, 7) is 2.53. The SMILES string of the molecule is Cc1ccc(CN2C(=O)C(N[C@@H](Cc3ccccc3)C(N)=O)CCc3ccccc32)cc1. The molecule has 0 radical (unpaired) electrons. The lowest BCUT2D eigenvalue weighted by atomic mass is 10.0. The number of rotatable bonds is 7. The first-order chi connectivity index (χ1) is 15.5. The monoisotopic (exact) mass is 427 g/mol. The second-order valence-corrected chi connectivity index (χ2v) is 8.44. The zero-order valence-corrected chi connectivity index (χ0v) is 18.3. The Kier molecular flexibility index (Phi) is 6.66. The fraction of sp³-hybridized carbons (Fsp3) is 0.259. The number of carbonyl (C=O) groups excluding carboxylic acids is 2. The molecule has 3 aromatic carbocycles. The molecule has 1 unspecified atom stereocenters. The highest BCUT2D eigenvalue weighted by atomic mass is 16.2. The number of aryl methyl sites for hydroxylation is 2. The van der Waals surface area contributed by atoms with Gasteiger partial charge in [-0.1, -0.05) is 78.4 Å². The number of hydrogen-bond donors (Lipinski definition) is 2. The van der Waals surface area contributed by atoms with Crippen LogP contribution in [-0.2, 0) is 29.0 Å². The fourth-order valence-corrected chi connectivity index (χ4v) is 4.24. The standard InChI is InChI=1S/C27H29N3O2/c1-19-11-13-21(14-12-19)18-30-25-10-6-5-9-22(25)15-16-23(27(30)32)29-24(26(28)31)17-20-7-3-2-4-8-20/h2-14,23-24,29H,15-18H2,1H3,(H2,28,31)/t23?,24-/m0/s1. The van der Waals surface area contributed by atoms with E-state index in [0.29, 0.717) is 19.4 Å². The molecule has 0 saturated heterocycles. The van der Waals surface area contributed by atoms with Gasteiger partial charge in [0.1, 0.15) is 0 Å². The normalized spacial score (nSPS) is 16.8. The Bertz CT molecular complexity index is 1080. The van der Waals surface area contributed by atoms with Crippen LogP contribution in [0.3, 0.4) is 0 Å². The van der Waals surface area contributed by atoms with Gasteiger partial charge in [0.15, 0.2) is 0 Å². The number of nitrogens with two attached hydrogens (primary N) is 1. The average molecular weight is 428 g/mol. The molecular formula is C27H29N3O2. The third-order valence-electron chi connectivity index (χ3n) is 6.04. The summed E-state index contributed by atoms with van der Waals surface area (Å²) >= 11 is 0. The van der Waals surface area contributed by atoms with Gasteiger partial charge in [0, 0.05) is 5.69 Å². The Morgan fingerprint density at radius 2 is 1.69 bits per heavy atom. The predicted octanol–water partition coefficient (Wildman–Crippen LogP) is 3.53. The van der Waals surface area contributed by atoms with Crippen molar-refractivity contribution >= 4 is 17.5 Å². The molecule has 0 spiro atoms. The topological polar surface area (TPSA) is 75.4 Å². The number of para-hydroxylation sites is 1. The van der Waals surface area contributed by atoms with E-state index in [2.05, 4.69) is 35.6 Å². The Balaban J connectivity index is 1.60. The molecule has 0 bridgehead atoms. The van der Waals surface area contributed by atoms with Gasteiger partial charge >= 0.3 is 0 Å². The highest BCUT2D eigenvalue weighted by Gasteiger charge is 2.32. The van der Waals surface area contributed by atoms with Crippen LogP contribution >= 0.6 is 0 Å². The molecule has 32 heavy (non-hydrogen) atoms. The van der Waals surface area contributed by atoms with Gasteiger partial charge in [0.05, 0.1) is 18.6 Å². The van der Waals surface area contributed by atoms with Crippen molar-refractivity contribution in [3.63, 3.8) is 0 Å². The van der Waals surface area contributed by atoms with Crippen molar-refractivity contribution in [2.45, 2.75) is 44.8 Å². The van der Waals surface area contributed by atoms with Gasteiger partial charge in [-0.2, -0.15) is 0 Å². The van der Waals surface area contributed by atoms with Gasteiger partial charge in [-0.15, -0.1) is 0 Å². The van der Waals surface area contributed by atoms with E-state index in [9.17, 15) is 9.59 Å². The number of hydrogen-bond acceptors (Lipinski definition) is 3. The molecule has 2 atom stereocenters. The van der Waals surface area contributed by atoms with E-state index in [4.69, 9.17) is 5.73 Å². The Hall–Kier alpha value is -3.44. The highest BCUT2D eigenvalue weighted by molar-refractivity contribution is 5.99. The lowest BCUT2D eigenvalue weighted by Crippen LogP contribution is -2.53. The third kappa shape index (κ3) is 5.06. The average Bonchev–Trinajstić information content (AvgIpc) is 2.93. The maximum atomic E-state index is 13.7. The molecule has 3 N–H and O–H groups in total. The van der Waals surface area contributed by atoms with Crippen LogP contribution < -0.4 is 16.0 Å². The minimum absolute atomic E-state index is 0.0326. The number of nitrogens with zero attached hydrogens (tertiary/aromatic N) is 1. The van der Waals surface area contributed by atoms with E-state index in [-0.39, 0.29) is 5.91 Å². The van der Waals surface area contributed by atoms with Crippen LogP contribution in [0.2, 0.25) is 0 Å². The van der Waals surface area contributed by atoms with Crippen LogP contribution in [0.15, 0.2) is 78.9 Å². The van der Waals surface area contributed by atoms with Gasteiger partial charge in [-0.25, -0.2) is 0 Å². The van der Waals surface area contributed by atoms with Crippen LogP contribution in [0.25, 0.3) is 0 Å². The first-order valence-corrected chi connectivity index (χ1v) is 11.1. The second-order valence-electron chi connectivity index (χ2n) is 8.44. The Morgan fingerprint density at radius 1 is 1.00 bits per heavy atom. The van der Waals surface area contributed by atoms with Crippen molar-refractivity contribution < 1.29 is 9.59 Å². The Labute approximate surface area is 189 Å². The summed E-state index contributed by atoms with van der Waals surface area (Å²) in [6.07, 6.45) is 1.81. The van der Waals surface area contributed by atoms with Gasteiger partial charge in [-0.05, 0) is 48.9 Å². The summed E-state index contributed by atoms with van der Waals surface area (Å²) in [7, 11) is 0. The van der Waals surface area contributed by atoms with Crippen molar-refractivity contribution in [1.82, 2.24) is 5.32 Å². The first-order valence-electron chi connectivity index (χ1n) is 11.1. The van der Waals surface area contributed by atoms with E-state index in [0.717, 1.165) is 28.8 Å². The quantitative estimate of drug-likeness (QED) is 0.606. The maximum absolute atomic E-state index is 13.7.